The van der Waals surface area contributed by atoms with Crippen LogP contribution in [0.2, 0.25) is 0 Å². The van der Waals surface area contributed by atoms with Gasteiger partial charge in [-0.25, -0.2) is 14.4 Å². The van der Waals surface area contributed by atoms with Crippen molar-refractivity contribution in [2.75, 3.05) is 6.54 Å². The normalized spacial score (nSPS) is 18.9. The van der Waals surface area contributed by atoms with E-state index in [4.69, 9.17) is 8.83 Å². The number of aromatic nitrogens is 5. The first-order valence-electron chi connectivity index (χ1n) is 9.40. The number of oxazole rings is 1. The maximum atomic E-state index is 13.6. The van der Waals surface area contributed by atoms with Crippen molar-refractivity contribution in [2.24, 2.45) is 0 Å². The van der Waals surface area contributed by atoms with Crippen molar-refractivity contribution in [1.82, 2.24) is 30.0 Å². The van der Waals surface area contributed by atoms with Gasteiger partial charge in [-0.05, 0) is 25.0 Å². The largest absolute Gasteiger partial charge is 0.438 e. The van der Waals surface area contributed by atoms with Gasteiger partial charge in [-0.1, -0.05) is 0 Å². The summed E-state index contributed by atoms with van der Waals surface area (Å²) in [6.45, 7) is 0.396. The van der Waals surface area contributed by atoms with Gasteiger partial charge in [0.25, 0.3) is 0 Å². The summed E-state index contributed by atoms with van der Waals surface area (Å²) in [5.41, 5.74) is 2.35. The van der Waals surface area contributed by atoms with Crippen LogP contribution in [0.4, 0.5) is 4.39 Å². The number of benzene rings is 1. The van der Waals surface area contributed by atoms with Gasteiger partial charge in [0, 0.05) is 30.6 Å². The summed E-state index contributed by atoms with van der Waals surface area (Å²) in [4.78, 5) is 26.7. The number of aromatic amines is 1. The van der Waals surface area contributed by atoms with E-state index in [0.717, 1.165) is 18.5 Å². The average Bonchev–Trinajstić information content (AvgIpc) is 3.13. The van der Waals surface area contributed by atoms with Crippen LogP contribution >= 0.6 is 0 Å². The molecule has 9 nitrogen and oxygen atoms in total. The number of amides is 1. The fourth-order valence-electron chi connectivity index (χ4n) is 3.72. The zero-order valence-corrected chi connectivity index (χ0v) is 15.1. The molecule has 4 aromatic rings. The molecule has 29 heavy (non-hydrogen) atoms. The number of nitrogens with zero attached hydrogens (tertiary/aromatic N) is 5. The monoisotopic (exact) mass is 394 g/mol. The highest BCUT2D eigenvalue weighted by Crippen LogP contribution is 2.40. The molecule has 0 unspecified atom stereocenters. The van der Waals surface area contributed by atoms with E-state index in [1.165, 1.54) is 18.2 Å². The van der Waals surface area contributed by atoms with Crippen molar-refractivity contribution in [3.05, 3.63) is 59.4 Å². The highest BCUT2D eigenvalue weighted by Gasteiger charge is 2.40. The minimum Gasteiger partial charge on any atom is -0.438 e. The molecule has 0 spiro atoms. The zero-order chi connectivity index (χ0) is 19.5. The number of hydrogen-bond acceptors (Lipinski definition) is 7. The molecule has 6 rings (SSSR count). The molecule has 1 N–H and O–H groups in total. The van der Waals surface area contributed by atoms with Crippen molar-refractivity contribution < 1.29 is 18.0 Å². The first-order chi connectivity index (χ1) is 14.2. The first-order valence-corrected chi connectivity index (χ1v) is 9.40. The number of H-pyrrole nitrogens is 1. The molecule has 1 aromatic carbocycles. The molecule has 0 radical (unpaired) electrons. The van der Waals surface area contributed by atoms with Crippen molar-refractivity contribution in [2.45, 2.75) is 31.2 Å². The number of fused-ring (bicyclic) bond motifs is 2. The van der Waals surface area contributed by atoms with Gasteiger partial charge in [0.15, 0.2) is 11.6 Å². The van der Waals surface area contributed by atoms with Gasteiger partial charge >= 0.3 is 11.8 Å². The van der Waals surface area contributed by atoms with Crippen LogP contribution in [0.5, 0.6) is 0 Å². The van der Waals surface area contributed by atoms with E-state index in [2.05, 4.69) is 25.1 Å². The zero-order valence-electron chi connectivity index (χ0n) is 15.1. The van der Waals surface area contributed by atoms with Crippen LogP contribution < -0.4 is 0 Å². The van der Waals surface area contributed by atoms with Gasteiger partial charge in [-0.3, -0.25) is 4.79 Å². The van der Waals surface area contributed by atoms with Crippen molar-refractivity contribution in [3.8, 4) is 0 Å². The lowest BCUT2D eigenvalue weighted by atomic mass is 10.0. The Morgan fingerprint density at radius 2 is 2.10 bits per heavy atom. The second-order valence-electron chi connectivity index (χ2n) is 7.30. The smallest absolute Gasteiger partial charge is 0.312 e. The van der Waals surface area contributed by atoms with Gasteiger partial charge in [0.05, 0.1) is 12.0 Å². The Bertz CT molecular complexity index is 1240. The number of carbonyl (C=O) groups excluding carboxylic acids is 1. The van der Waals surface area contributed by atoms with Crippen LogP contribution in [-0.2, 0) is 6.42 Å². The molecule has 4 heterocycles. The summed E-state index contributed by atoms with van der Waals surface area (Å²) < 4.78 is 25.1. The Hall–Kier alpha value is -3.56. The van der Waals surface area contributed by atoms with Gasteiger partial charge in [-0.2, -0.15) is 0 Å². The Morgan fingerprint density at radius 1 is 1.21 bits per heavy atom. The molecule has 1 aliphatic heterocycles. The minimum absolute atomic E-state index is 0.0574. The molecule has 1 fully saturated rings. The van der Waals surface area contributed by atoms with E-state index in [1.807, 2.05) is 0 Å². The standard InChI is InChI=1S/C19H15FN6O3/c20-10-3-4-13-12(7-10)23-17(28-13)15-14-11(21-8-22-14)5-6-26(15)19(27)18-25-24-16(29-18)9-1-2-9/h3-4,7-9,15H,1-2,5-6H2,(H,21,22)/t15-/m0/s1. The van der Waals surface area contributed by atoms with Gasteiger partial charge < -0.3 is 18.7 Å². The van der Waals surface area contributed by atoms with Gasteiger partial charge in [-0.15, -0.1) is 10.2 Å². The maximum Gasteiger partial charge on any atom is 0.312 e. The van der Waals surface area contributed by atoms with E-state index in [9.17, 15) is 9.18 Å². The van der Waals surface area contributed by atoms with Crippen molar-refractivity contribution in [1.29, 1.82) is 0 Å². The van der Waals surface area contributed by atoms with Crippen LogP contribution in [0.3, 0.4) is 0 Å². The Balaban J connectivity index is 1.43. The fraction of sp³-hybridized carbons (Fsp3) is 0.316. The third kappa shape index (κ3) is 2.63. The van der Waals surface area contributed by atoms with E-state index in [0.29, 0.717) is 35.6 Å². The maximum absolute atomic E-state index is 13.6. The van der Waals surface area contributed by atoms with Gasteiger partial charge in [0.1, 0.15) is 11.3 Å². The Labute approximate surface area is 163 Å². The molecule has 1 amide bonds. The summed E-state index contributed by atoms with van der Waals surface area (Å²) in [5.74, 6) is 0.141. The lowest BCUT2D eigenvalue weighted by Crippen LogP contribution is -2.41. The second-order valence-corrected chi connectivity index (χ2v) is 7.30. The number of rotatable bonds is 3. The summed E-state index contributed by atoms with van der Waals surface area (Å²) in [6, 6.07) is 3.44. The van der Waals surface area contributed by atoms with Crippen molar-refractivity contribution in [3.63, 3.8) is 0 Å². The van der Waals surface area contributed by atoms with Crippen LogP contribution in [0.15, 0.2) is 33.4 Å². The molecule has 10 heteroatoms. The number of halogens is 1. The van der Waals surface area contributed by atoms with Crippen LogP contribution in [0, 0.1) is 5.82 Å². The van der Waals surface area contributed by atoms with Crippen LogP contribution in [-0.4, -0.2) is 42.5 Å². The quantitative estimate of drug-likeness (QED) is 0.568. The molecular weight excluding hydrogens is 379 g/mol. The van der Waals surface area contributed by atoms with E-state index in [-0.39, 0.29) is 17.7 Å². The average molecular weight is 394 g/mol. The molecule has 3 aromatic heterocycles. The molecule has 0 bridgehead atoms. The lowest BCUT2D eigenvalue weighted by molar-refractivity contribution is 0.0624. The van der Waals surface area contributed by atoms with Crippen LogP contribution in [0.1, 0.15) is 58.7 Å². The van der Waals surface area contributed by atoms with Gasteiger partial charge in [0.2, 0.25) is 11.8 Å². The molecule has 2 aliphatic rings. The number of hydrogen-bond donors (Lipinski definition) is 1. The van der Waals surface area contributed by atoms with Crippen molar-refractivity contribution >= 4 is 17.0 Å². The molecule has 0 saturated heterocycles. The highest BCUT2D eigenvalue weighted by atomic mass is 19.1. The SMILES string of the molecule is O=C(c1nnc(C2CC2)o1)N1CCc2[nH]cnc2[C@H]1c1nc2cc(F)ccc2o1. The number of carbonyl (C=O) groups is 1. The minimum atomic E-state index is -0.677. The third-order valence-electron chi connectivity index (χ3n) is 5.34. The molecule has 146 valence electrons. The second kappa shape index (κ2) is 5.97. The fourth-order valence-corrected chi connectivity index (χ4v) is 3.72. The molecule has 1 aliphatic carbocycles. The molecule has 1 atom stereocenters. The summed E-state index contributed by atoms with van der Waals surface area (Å²) in [7, 11) is 0. The molecule has 1 saturated carbocycles. The summed E-state index contributed by atoms with van der Waals surface area (Å²) in [6.07, 6.45) is 4.17. The number of nitrogens with one attached hydrogen (secondary N) is 1. The van der Waals surface area contributed by atoms with E-state index < -0.39 is 17.8 Å². The van der Waals surface area contributed by atoms with Crippen LogP contribution in [0.25, 0.3) is 11.1 Å². The Kier molecular flexibility index (Phi) is 3.37. The predicted molar refractivity (Wildman–Crippen MR) is 95.4 cm³/mol. The predicted octanol–water partition coefficient (Wildman–Crippen LogP) is 2.74. The molecular formula is C19H15FN6O3. The highest BCUT2D eigenvalue weighted by molar-refractivity contribution is 5.90. The first kappa shape index (κ1) is 16.4. The summed E-state index contributed by atoms with van der Waals surface area (Å²) >= 11 is 0. The lowest BCUT2D eigenvalue weighted by Gasteiger charge is -2.31. The van der Waals surface area contributed by atoms with E-state index >= 15 is 0 Å². The summed E-state index contributed by atoms with van der Waals surface area (Å²) in [5, 5.41) is 7.95. The topological polar surface area (TPSA) is 114 Å². The number of imidazole rings is 1. The Morgan fingerprint density at radius 3 is 2.97 bits per heavy atom. The third-order valence-corrected chi connectivity index (χ3v) is 5.34. The van der Waals surface area contributed by atoms with E-state index in [1.54, 1.807) is 11.2 Å².